The second-order valence-electron chi connectivity index (χ2n) is 8.36. The molecule has 2 heterocycles. The van der Waals surface area contributed by atoms with Crippen LogP contribution in [-0.2, 0) is 15.1 Å². The first-order valence-electron chi connectivity index (χ1n) is 10.8. The Morgan fingerprint density at radius 1 is 0.971 bits per heavy atom. The average molecular weight is 482 g/mol. The summed E-state index contributed by atoms with van der Waals surface area (Å²) in [4.78, 5) is 63.8. The van der Waals surface area contributed by atoms with Crippen LogP contribution in [0.15, 0.2) is 48.5 Å². The highest BCUT2D eigenvalue weighted by molar-refractivity contribution is 6.09. The van der Waals surface area contributed by atoms with Crippen LogP contribution in [0.25, 0.3) is 0 Å². The van der Waals surface area contributed by atoms with Crippen molar-refractivity contribution in [2.24, 2.45) is 0 Å². The van der Waals surface area contributed by atoms with E-state index in [-0.39, 0.29) is 24.5 Å². The number of hydrogen-bond acceptors (Lipinski definition) is 8. The molecule has 2 aliphatic rings. The normalized spacial score (nSPS) is 20.1. The number of hydrogen-bond donors (Lipinski definition) is 1. The van der Waals surface area contributed by atoms with Gasteiger partial charge >= 0.3 is 6.03 Å². The Morgan fingerprint density at radius 2 is 1.60 bits per heavy atom. The van der Waals surface area contributed by atoms with E-state index in [0.29, 0.717) is 24.3 Å². The van der Waals surface area contributed by atoms with Gasteiger partial charge in [0.15, 0.2) is 0 Å². The fourth-order valence-electron chi connectivity index (χ4n) is 4.27. The molecule has 0 saturated carbocycles. The molecule has 0 aliphatic carbocycles. The highest BCUT2D eigenvalue weighted by atomic mass is 16.6. The SMILES string of the molecule is CC1(c2ccc([N+](=O)[O-])cc2)NC(=O)N(CC(=O)N2CCN(c3ccccc3[N+](=O)[O-])CC2)C1=O. The zero-order chi connectivity index (χ0) is 25.3. The summed E-state index contributed by atoms with van der Waals surface area (Å²) in [6.07, 6.45) is 0. The molecule has 0 spiro atoms. The van der Waals surface area contributed by atoms with E-state index >= 15 is 0 Å². The Kier molecular flexibility index (Phi) is 6.07. The smallest absolute Gasteiger partial charge is 0.325 e. The van der Waals surface area contributed by atoms with Crippen LogP contribution in [0.4, 0.5) is 21.9 Å². The second kappa shape index (κ2) is 9.00. The maximum atomic E-state index is 13.1. The number of urea groups is 1. The minimum absolute atomic E-state index is 0.0165. The van der Waals surface area contributed by atoms with Gasteiger partial charge < -0.3 is 15.1 Å². The number of anilines is 1. The number of nitrogens with zero attached hydrogens (tertiary/aromatic N) is 5. The molecule has 2 aliphatic heterocycles. The van der Waals surface area contributed by atoms with E-state index in [1.807, 2.05) is 4.90 Å². The van der Waals surface area contributed by atoms with Gasteiger partial charge in [-0.25, -0.2) is 4.79 Å². The monoisotopic (exact) mass is 482 g/mol. The molecule has 2 aromatic rings. The Balaban J connectivity index is 1.41. The van der Waals surface area contributed by atoms with E-state index in [2.05, 4.69) is 5.32 Å². The number of nitro benzene ring substituents is 2. The predicted molar refractivity (Wildman–Crippen MR) is 123 cm³/mol. The summed E-state index contributed by atoms with van der Waals surface area (Å²) in [5, 5.41) is 24.8. The number of carbonyl (C=O) groups is 3. The van der Waals surface area contributed by atoms with Gasteiger partial charge in [-0.15, -0.1) is 0 Å². The first-order chi connectivity index (χ1) is 16.6. The van der Waals surface area contributed by atoms with Crippen LogP contribution in [0.2, 0.25) is 0 Å². The standard InChI is InChI=1S/C22H22N6O7/c1-22(15-6-8-16(9-7-15)27(32)33)20(30)26(21(31)23-22)14-19(29)25-12-10-24(11-13-25)17-4-2-3-5-18(17)28(34)35/h2-9H,10-14H2,1H3,(H,23,31). The number of piperazine rings is 1. The summed E-state index contributed by atoms with van der Waals surface area (Å²) < 4.78 is 0. The molecule has 4 amide bonds. The number of non-ortho nitro benzene ring substituents is 1. The van der Waals surface area contributed by atoms with Crippen LogP contribution in [0.5, 0.6) is 0 Å². The lowest BCUT2D eigenvalue weighted by atomic mass is 9.92. The third-order valence-corrected chi connectivity index (χ3v) is 6.28. The van der Waals surface area contributed by atoms with E-state index in [0.717, 1.165) is 4.90 Å². The highest BCUT2D eigenvalue weighted by Crippen LogP contribution is 2.31. The quantitative estimate of drug-likeness (QED) is 0.369. The molecule has 35 heavy (non-hydrogen) atoms. The van der Waals surface area contributed by atoms with E-state index < -0.39 is 39.8 Å². The van der Waals surface area contributed by atoms with Gasteiger partial charge in [-0.05, 0) is 30.7 Å². The minimum Gasteiger partial charge on any atom is -0.362 e. The molecule has 1 N–H and O–H groups in total. The van der Waals surface area contributed by atoms with Crippen LogP contribution in [0, 0.1) is 20.2 Å². The van der Waals surface area contributed by atoms with Crippen molar-refractivity contribution in [3.8, 4) is 0 Å². The Hall–Kier alpha value is -4.55. The molecule has 0 aromatic heterocycles. The third kappa shape index (κ3) is 4.35. The van der Waals surface area contributed by atoms with Gasteiger partial charge in [0.25, 0.3) is 17.3 Å². The maximum absolute atomic E-state index is 13.1. The van der Waals surface area contributed by atoms with Crippen LogP contribution >= 0.6 is 0 Å². The number of rotatable bonds is 6. The Bertz CT molecular complexity index is 1210. The minimum atomic E-state index is -1.46. The van der Waals surface area contributed by atoms with Crippen LogP contribution in [0.1, 0.15) is 12.5 Å². The van der Waals surface area contributed by atoms with Crippen molar-refractivity contribution in [3.63, 3.8) is 0 Å². The number of imide groups is 1. The number of nitrogens with one attached hydrogen (secondary N) is 1. The van der Waals surface area contributed by atoms with E-state index in [1.54, 1.807) is 18.2 Å². The average Bonchev–Trinajstić information content (AvgIpc) is 3.07. The molecule has 1 atom stereocenters. The van der Waals surface area contributed by atoms with Gasteiger partial charge in [-0.2, -0.15) is 0 Å². The highest BCUT2D eigenvalue weighted by Gasteiger charge is 2.50. The number of para-hydroxylation sites is 2. The van der Waals surface area contributed by atoms with Crippen LogP contribution in [-0.4, -0.2) is 70.2 Å². The third-order valence-electron chi connectivity index (χ3n) is 6.28. The maximum Gasteiger partial charge on any atom is 0.325 e. The molecule has 2 aromatic carbocycles. The number of benzene rings is 2. The van der Waals surface area contributed by atoms with Crippen LogP contribution < -0.4 is 10.2 Å². The van der Waals surface area contributed by atoms with Gasteiger partial charge in [0.05, 0.1) is 9.85 Å². The summed E-state index contributed by atoms with van der Waals surface area (Å²) in [5.74, 6) is -1.06. The van der Waals surface area contributed by atoms with E-state index in [9.17, 15) is 34.6 Å². The van der Waals surface area contributed by atoms with Crippen LogP contribution in [0.3, 0.4) is 0 Å². The molecule has 182 valence electrons. The van der Waals surface area contributed by atoms with Gasteiger partial charge in [0, 0.05) is 44.4 Å². The molecular weight excluding hydrogens is 460 g/mol. The van der Waals surface area contributed by atoms with Crippen molar-refractivity contribution in [3.05, 3.63) is 74.3 Å². The van der Waals surface area contributed by atoms with Crippen molar-refractivity contribution < 1.29 is 24.2 Å². The molecule has 1 unspecified atom stereocenters. The zero-order valence-corrected chi connectivity index (χ0v) is 18.7. The number of carbonyl (C=O) groups excluding carboxylic acids is 3. The lowest BCUT2D eigenvalue weighted by Gasteiger charge is -2.36. The summed E-state index contributed by atoms with van der Waals surface area (Å²) >= 11 is 0. The largest absolute Gasteiger partial charge is 0.362 e. The topological polar surface area (TPSA) is 159 Å². The Labute approximate surface area is 199 Å². The van der Waals surface area contributed by atoms with Crippen molar-refractivity contribution in [1.82, 2.24) is 15.1 Å². The molecule has 2 saturated heterocycles. The fraction of sp³-hybridized carbons (Fsp3) is 0.318. The first-order valence-corrected chi connectivity index (χ1v) is 10.8. The fourth-order valence-corrected chi connectivity index (χ4v) is 4.27. The second-order valence-corrected chi connectivity index (χ2v) is 8.36. The molecule has 13 heteroatoms. The molecule has 4 rings (SSSR count). The molecule has 0 radical (unpaired) electrons. The van der Waals surface area contributed by atoms with Crippen molar-refractivity contribution in [1.29, 1.82) is 0 Å². The summed E-state index contributed by atoms with van der Waals surface area (Å²) in [5.41, 5.74) is -0.803. The predicted octanol–water partition coefficient (Wildman–Crippen LogP) is 1.62. The lowest BCUT2D eigenvalue weighted by Crippen LogP contribution is -2.52. The number of nitro groups is 2. The Morgan fingerprint density at radius 3 is 2.20 bits per heavy atom. The summed E-state index contributed by atoms with van der Waals surface area (Å²) in [7, 11) is 0. The van der Waals surface area contributed by atoms with Crippen molar-refractivity contribution in [2.75, 3.05) is 37.6 Å². The number of amides is 4. The summed E-state index contributed by atoms with van der Waals surface area (Å²) in [6, 6.07) is 10.9. The van der Waals surface area contributed by atoms with Crippen molar-refractivity contribution >= 4 is 34.9 Å². The van der Waals surface area contributed by atoms with Gasteiger partial charge in [-0.1, -0.05) is 12.1 Å². The van der Waals surface area contributed by atoms with Gasteiger partial charge in [0.2, 0.25) is 5.91 Å². The molecule has 0 bridgehead atoms. The molecule has 13 nitrogen and oxygen atoms in total. The zero-order valence-electron chi connectivity index (χ0n) is 18.7. The van der Waals surface area contributed by atoms with E-state index in [4.69, 9.17) is 0 Å². The van der Waals surface area contributed by atoms with E-state index in [1.165, 1.54) is 42.2 Å². The molecule has 2 fully saturated rings. The summed E-state index contributed by atoms with van der Waals surface area (Å²) in [6.45, 7) is 2.28. The lowest BCUT2D eigenvalue weighted by molar-refractivity contribution is -0.384. The van der Waals surface area contributed by atoms with Gasteiger partial charge in [-0.3, -0.25) is 34.7 Å². The first kappa shape index (κ1) is 23.6. The van der Waals surface area contributed by atoms with Gasteiger partial charge in [0.1, 0.15) is 17.8 Å². The molecular formula is C22H22N6O7. The van der Waals surface area contributed by atoms with Crippen molar-refractivity contribution in [2.45, 2.75) is 12.5 Å².